The molecule has 0 heterocycles. The van der Waals surface area contributed by atoms with Crippen LogP contribution in [0.25, 0.3) is 0 Å². The van der Waals surface area contributed by atoms with Gasteiger partial charge in [-0.1, -0.05) is 0 Å². The van der Waals surface area contributed by atoms with E-state index in [1.165, 1.54) is 6.92 Å². The Morgan fingerprint density at radius 1 is 0.941 bits per heavy atom. The van der Waals surface area contributed by atoms with E-state index in [-0.39, 0.29) is 31.1 Å². The van der Waals surface area contributed by atoms with E-state index in [1.807, 2.05) is 27.7 Å². The molecule has 0 atom stereocenters. The second-order valence-corrected chi connectivity index (χ2v) is 4.31. The van der Waals surface area contributed by atoms with E-state index in [1.54, 1.807) is 0 Å². The van der Waals surface area contributed by atoms with Crippen molar-refractivity contribution >= 4 is 5.97 Å². The van der Waals surface area contributed by atoms with E-state index in [4.69, 9.17) is 18.9 Å². The monoisotopic (exact) mass is 248 g/mol. The van der Waals surface area contributed by atoms with Gasteiger partial charge in [-0.3, -0.25) is 4.79 Å². The number of hydrogen-bond acceptors (Lipinski definition) is 5. The summed E-state index contributed by atoms with van der Waals surface area (Å²) >= 11 is 0. The minimum absolute atomic E-state index is 0.0666. The van der Waals surface area contributed by atoms with Crippen molar-refractivity contribution in [3.63, 3.8) is 0 Å². The molecule has 0 saturated heterocycles. The molecular weight excluding hydrogens is 224 g/mol. The van der Waals surface area contributed by atoms with Gasteiger partial charge in [-0.2, -0.15) is 0 Å². The smallest absolute Gasteiger partial charge is 0.304 e. The Bertz CT molecular complexity index is 191. The Morgan fingerprint density at radius 3 is 1.76 bits per heavy atom. The molecule has 0 rings (SSSR count). The fourth-order valence-electron chi connectivity index (χ4n) is 0.957. The van der Waals surface area contributed by atoms with E-state index in [2.05, 4.69) is 0 Å². The van der Waals surface area contributed by atoms with Crippen LogP contribution in [0.2, 0.25) is 0 Å². The first-order valence-corrected chi connectivity index (χ1v) is 5.90. The Hall–Kier alpha value is -0.650. The van der Waals surface area contributed by atoms with Crippen LogP contribution >= 0.6 is 0 Å². The van der Waals surface area contributed by atoms with E-state index in [0.717, 1.165) is 0 Å². The molecule has 0 amide bonds. The Kier molecular flexibility index (Phi) is 9.03. The molecular formula is C12H24O5. The lowest BCUT2D eigenvalue weighted by Crippen LogP contribution is -2.29. The second kappa shape index (κ2) is 9.39. The van der Waals surface area contributed by atoms with Gasteiger partial charge in [0, 0.05) is 6.92 Å². The zero-order valence-corrected chi connectivity index (χ0v) is 11.4. The summed E-state index contributed by atoms with van der Waals surface area (Å²) in [4.78, 5) is 10.6. The van der Waals surface area contributed by atoms with Crippen LogP contribution < -0.4 is 0 Å². The molecule has 0 N–H and O–H groups in total. The van der Waals surface area contributed by atoms with Crippen molar-refractivity contribution in [1.29, 1.82) is 0 Å². The van der Waals surface area contributed by atoms with Crippen LogP contribution in [0.3, 0.4) is 0 Å². The predicted molar refractivity (Wildman–Crippen MR) is 63.7 cm³/mol. The molecule has 102 valence electrons. The number of esters is 1. The molecule has 0 aromatic heterocycles. The van der Waals surface area contributed by atoms with E-state index >= 15 is 0 Å². The van der Waals surface area contributed by atoms with Gasteiger partial charge in [-0.25, -0.2) is 0 Å². The molecule has 0 aromatic rings. The molecule has 0 aliphatic carbocycles. The number of carbonyl (C=O) groups excluding carboxylic acids is 1. The van der Waals surface area contributed by atoms with Gasteiger partial charge in [0.15, 0.2) is 6.79 Å². The zero-order valence-electron chi connectivity index (χ0n) is 11.4. The molecule has 17 heavy (non-hydrogen) atoms. The van der Waals surface area contributed by atoms with Crippen molar-refractivity contribution in [2.45, 2.75) is 52.9 Å². The average molecular weight is 248 g/mol. The number of ether oxygens (including phenoxy) is 4. The highest BCUT2D eigenvalue weighted by molar-refractivity contribution is 5.65. The topological polar surface area (TPSA) is 54.0 Å². The Labute approximate surface area is 103 Å². The van der Waals surface area contributed by atoms with Crippen molar-refractivity contribution < 1.29 is 23.7 Å². The predicted octanol–water partition coefficient (Wildman–Crippen LogP) is 1.74. The van der Waals surface area contributed by atoms with Crippen LogP contribution in [0.15, 0.2) is 0 Å². The van der Waals surface area contributed by atoms with E-state index < -0.39 is 0 Å². The molecule has 0 saturated carbocycles. The van der Waals surface area contributed by atoms with Crippen LogP contribution in [0.5, 0.6) is 0 Å². The quantitative estimate of drug-likeness (QED) is 0.459. The van der Waals surface area contributed by atoms with Crippen LogP contribution in [0.1, 0.15) is 34.6 Å². The highest BCUT2D eigenvalue weighted by Crippen LogP contribution is 2.01. The summed E-state index contributed by atoms with van der Waals surface area (Å²) in [7, 11) is 0. The van der Waals surface area contributed by atoms with Crippen LogP contribution in [-0.2, 0) is 23.7 Å². The molecule has 0 aromatic carbocycles. The van der Waals surface area contributed by atoms with Gasteiger partial charge in [0.2, 0.25) is 0 Å². The molecule has 5 heteroatoms. The lowest BCUT2D eigenvalue weighted by atomic mass is 10.4. The van der Waals surface area contributed by atoms with Gasteiger partial charge in [0.25, 0.3) is 0 Å². The first-order chi connectivity index (χ1) is 7.91. The summed E-state index contributed by atoms with van der Waals surface area (Å²) in [6.07, 6.45) is 0.0434. The minimum Gasteiger partial charge on any atom is -0.439 e. The third kappa shape index (κ3) is 11.6. The second-order valence-electron chi connectivity index (χ2n) is 4.31. The summed E-state index contributed by atoms with van der Waals surface area (Å²) in [5.41, 5.74) is 0. The molecule has 0 unspecified atom stereocenters. The fraction of sp³-hybridized carbons (Fsp3) is 0.917. The summed E-state index contributed by atoms with van der Waals surface area (Å²) in [5, 5.41) is 0. The standard InChI is InChI=1S/C12H24O5/c1-9(2)14-6-12(7-15-10(3)4)17-8-16-11(5)13/h9-10,12H,6-8H2,1-5H3. The maximum absolute atomic E-state index is 10.6. The SMILES string of the molecule is CC(=O)OCOC(COC(C)C)COC(C)C. The Balaban J connectivity index is 3.87. The number of carbonyl (C=O) groups is 1. The molecule has 0 bridgehead atoms. The first-order valence-electron chi connectivity index (χ1n) is 5.90. The van der Waals surface area contributed by atoms with Crippen LogP contribution in [0.4, 0.5) is 0 Å². The largest absolute Gasteiger partial charge is 0.439 e. The molecule has 0 spiro atoms. The van der Waals surface area contributed by atoms with Gasteiger partial charge < -0.3 is 18.9 Å². The van der Waals surface area contributed by atoms with Crippen LogP contribution in [-0.4, -0.2) is 44.3 Å². The lowest BCUT2D eigenvalue weighted by molar-refractivity contribution is -0.168. The highest BCUT2D eigenvalue weighted by Gasteiger charge is 2.12. The van der Waals surface area contributed by atoms with Crippen molar-refractivity contribution in [2.24, 2.45) is 0 Å². The maximum atomic E-state index is 10.6. The van der Waals surface area contributed by atoms with E-state index in [0.29, 0.717) is 13.2 Å². The summed E-state index contributed by atoms with van der Waals surface area (Å²) < 4.78 is 21.0. The minimum atomic E-state index is -0.363. The van der Waals surface area contributed by atoms with Gasteiger partial charge in [0.1, 0.15) is 6.10 Å². The zero-order chi connectivity index (χ0) is 13.3. The Morgan fingerprint density at radius 2 is 1.41 bits per heavy atom. The molecule has 5 nitrogen and oxygen atoms in total. The normalized spacial score (nSPS) is 11.5. The van der Waals surface area contributed by atoms with Gasteiger partial charge in [0.05, 0.1) is 25.4 Å². The maximum Gasteiger partial charge on any atom is 0.304 e. The third-order valence-corrected chi connectivity index (χ3v) is 1.80. The summed E-state index contributed by atoms with van der Waals surface area (Å²) in [5.74, 6) is -0.363. The van der Waals surface area contributed by atoms with Gasteiger partial charge >= 0.3 is 5.97 Å². The van der Waals surface area contributed by atoms with Crippen molar-refractivity contribution in [2.75, 3.05) is 20.0 Å². The summed E-state index contributed by atoms with van der Waals surface area (Å²) in [6.45, 7) is 9.92. The third-order valence-electron chi connectivity index (χ3n) is 1.80. The van der Waals surface area contributed by atoms with Gasteiger partial charge in [-0.15, -0.1) is 0 Å². The number of rotatable bonds is 9. The van der Waals surface area contributed by atoms with Gasteiger partial charge in [-0.05, 0) is 27.7 Å². The molecule has 0 aliphatic rings. The number of hydrogen-bond donors (Lipinski definition) is 0. The molecule has 0 radical (unpaired) electrons. The van der Waals surface area contributed by atoms with Crippen LogP contribution in [0, 0.1) is 0 Å². The van der Waals surface area contributed by atoms with Crippen molar-refractivity contribution in [3.05, 3.63) is 0 Å². The van der Waals surface area contributed by atoms with E-state index in [9.17, 15) is 4.79 Å². The first kappa shape index (κ1) is 16.4. The highest BCUT2D eigenvalue weighted by atomic mass is 16.7. The molecule has 0 fully saturated rings. The van der Waals surface area contributed by atoms with Crippen molar-refractivity contribution in [1.82, 2.24) is 0 Å². The molecule has 0 aliphatic heterocycles. The fourth-order valence-corrected chi connectivity index (χ4v) is 0.957. The van der Waals surface area contributed by atoms with Crippen molar-refractivity contribution in [3.8, 4) is 0 Å². The summed E-state index contributed by atoms with van der Waals surface area (Å²) in [6, 6.07) is 0. The lowest BCUT2D eigenvalue weighted by Gasteiger charge is -2.20. The average Bonchev–Trinajstić information content (AvgIpc) is 2.20.